The van der Waals surface area contributed by atoms with Crippen molar-refractivity contribution in [1.29, 1.82) is 0 Å². The van der Waals surface area contributed by atoms with Crippen molar-refractivity contribution in [3.8, 4) is 5.75 Å². The van der Waals surface area contributed by atoms with Crippen molar-refractivity contribution in [2.75, 3.05) is 0 Å². The zero-order valence-corrected chi connectivity index (χ0v) is 15.2. The van der Waals surface area contributed by atoms with E-state index in [-0.39, 0.29) is 0 Å². The molecule has 1 N–H and O–H groups in total. The lowest BCUT2D eigenvalue weighted by molar-refractivity contribution is 0.398. The summed E-state index contributed by atoms with van der Waals surface area (Å²) in [5.41, 5.74) is 3.07. The summed E-state index contributed by atoms with van der Waals surface area (Å²) < 4.78 is 0. The molecule has 0 aliphatic heterocycles. The van der Waals surface area contributed by atoms with Crippen molar-refractivity contribution < 1.29 is 5.11 Å². The van der Waals surface area contributed by atoms with Gasteiger partial charge in [0, 0.05) is 5.22 Å². The van der Waals surface area contributed by atoms with E-state index < -0.39 is 0 Å². The molecule has 1 heteroatoms. The summed E-state index contributed by atoms with van der Waals surface area (Å²) in [5, 5.41) is 13.2. The van der Waals surface area contributed by atoms with Gasteiger partial charge in [0.25, 0.3) is 0 Å². The number of phenolic OH excluding ortho intramolecular Hbond substituents is 1. The highest BCUT2D eigenvalue weighted by molar-refractivity contribution is 5.57. The predicted molar refractivity (Wildman–Crippen MR) is 98.5 cm³/mol. The first-order valence-electron chi connectivity index (χ1n) is 9.51. The minimum absolute atomic E-state index is 0.497. The van der Waals surface area contributed by atoms with Crippen LogP contribution >= 0.6 is 0 Å². The number of benzene rings is 1. The van der Waals surface area contributed by atoms with Crippen LogP contribution in [0.1, 0.15) is 66.2 Å². The summed E-state index contributed by atoms with van der Waals surface area (Å²) >= 11 is 0. The fourth-order valence-electron chi connectivity index (χ4n) is 4.94. The van der Waals surface area contributed by atoms with Gasteiger partial charge in [0.1, 0.15) is 5.75 Å². The van der Waals surface area contributed by atoms with E-state index >= 15 is 0 Å². The molecule has 0 spiro atoms. The van der Waals surface area contributed by atoms with Gasteiger partial charge in [-0.3, -0.25) is 0 Å². The summed E-state index contributed by atoms with van der Waals surface area (Å²) in [6.45, 7) is 9.45. The molecule has 2 fully saturated rings. The molecule has 23 heavy (non-hydrogen) atoms. The third-order valence-electron chi connectivity index (χ3n) is 6.22. The lowest BCUT2D eigenvalue weighted by Gasteiger charge is -2.29. The van der Waals surface area contributed by atoms with E-state index in [1.807, 2.05) is 12.1 Å². The van der Waals surface area contributed by atoms with Gasteiger partial charge in [-0.05, 0) is 73.5 Å². The maximum Gasteiger partial charge on any atom is 0.123 e. The van der Waals surface area contributed by atoms with Crippen molar-refractivity contribution in [2.24, 2.45) is 23.7 Å². The number of hydrogen-bond acceptors (Lipinski definition) is 1. The van der Waals surface area contributed by atoms with Crippen molar-refractivity contribution >= 4 is 11.1 Å². The molecule has 0 amide bonds. The maximum absolute atomic E-state index is 10.7. The van der Waals surface area contributed by atoms with Gasteiger partial charge in [0.2, 0.25) is 0 Å². The molecule has 0 heterocycles. The second kappa shape index (κ2) is 6.71. The molecule has 2 saturated carbocycles. The van der Waals surface area contributed by atoms with E-state index in [0.717, 1.165) is 18.3 Å². The molecular weight excluding hydrogens is 280 g/mol. The molecule has 3 rings (SSSR count). The largest absolute Gasteiger partial charge is 0.507 e. The summed E-state index contributed by atoms with van der Waals surface area (Å²) in [4.78, 5) is 0. The summed E-state index contributed by atoms with van der Waals surface area (Å²) in [6.07, 6.45) is 7.42. The molecule has 4 unspecified atom stereocenters. The Hall–Kier alpha value is -1.24. The summed E-state index contributed by atoms with van der Waals surface area (Å²) in [7, 11) is 0. The number of hydrogen-bond donors (Lipinski definition) is 1. The van der Waals surface area contributed by atoms with Gasteiger partial charge in [0.05, 0.1) is 0 Å². The smallest absolute Gasteiger partial charge is 0.123 e. The highest BCUT2D eigenvalue weighted by Gasteiger charge is 2.24. The van der Waals surface area contributed by atoms with Gasteiger partial charge in [0.15, 0.2) is 0 Å². The van der Waals surface area contributed by atoms with Crippen LogP contribution in [0.5, 0.6) is 5.75 Å². The van der Waals surface area contributed by atoms with Crippen molar-refractivity contribution in [2.45, 2.75) is 66.2 Å². The Kier molecular flexibility index (Phi) is 4.85. The summed E-state index contributed by atoms with van der Waals surface area (Å²) in [5.74, 6) is 3.36. The van der Waals surface area contributed by atoms with Crippen molar-refractivity contribution in [3.05, 3.63) is 28.6 Å². The van der Waals surface area contributed by atoms with E-state index in [4.69, 9.17) is 0 Å². The van der Waals surface area contributed by atoms with Crippen LogP contribution in [-0.4, -0.2) is 5.11 Å². The average Bonchev–Trinajstić information content (AvgIpc) is 2.48. The van der Waals surface area contributed by atoms with Crippen molar-refractivity contribution in [3.63, 3.8) is 0 Å². The Morgan fingerprint density at radius 1 is 0.826 bits per heavy atom. The second-order valence-corrected chi connectivity index (χ2v) is 8.31. The first kappa shape index (κ1) is 16.6. The molecule has 0 aromatic heterocycles. The standard InChI is InChI=1S/C22H32O/c1-14-8-10-18(16(3)12-14)20-6-5-7-21(23)22(20)19-11-9-15(2)13-17(19)4/h5-7,14-17,23H,8-13H2,1-4H3. The Bertz CT molecular complexity index is 684. The van der Waals surface area contributed by atoms with Crippen LogP contribution in [-0.2, 0) is 0 Å². The van der Waals surface area contributed by atoms with E-state index in [1.54, 1.807) is 5.57 Å². The Morgan fingerprint density at radius 3 is 1.96 bits per heavy atom. The molecule has 0 saturated heterocycles. The zero-order chi connectivity index (χ0) is 16.6. The normalized spacial score (nSPS) is 36.9. The monoisotopic (exact) mass is 312 g/mol. The van der Waals surface area contributed by atoms with Crippen LogP contribution in [0.15, 0.2) is 18.2 Å². The number of aromatic hydroxyl groups is 1. The zero-order valence-electron chi connectivity index (χ0n) is 15.2. The first-order valence-corrected chi connectivity index (χ1v) is 9.51. The van der Waals surface area contributed by atoms with Crippen LogP contribution in [0.25, 0.3) is 11.1 Å². The molecule has 2 aliphatic carbocycles. The van der Waals surface area contributed by atoms with Gasteiger partial charge in [-0.25, -0.2) is 0 Å². The quantitative estimate of drug-likeness (QED) is 0.742. The molecular formula is C22H32O. The van der Waals surface area contributed by atoms with Crippen LogP contribution in [0.4, 0.5) is 0 Å². The molecule has 2 aliphatic rings. The maximum atomic E-state index is 10.7. The molecule has 126 valence electrons. The summed E-state index contributed by atoms with van der Waals surface area (Å²) in [6, 6.07) is 6.17. The molecule has 1 nitrogen and oxygen atoms in total. The van der Waals surface area contributed by atoms with Gasteiger partial charge in [-0.2, -0.15) is 0 Å². The van der Waals surface area contributed by atoms with Gasteiger partial charge < -0.3 is 5.11 Å². The van der Waals surface area contributed by atoms with Crippen LogP contribution in [0.3, 0.4) is 0 Å². The lowest BCUT2D eigenvalue weighted by Crippen LogP contribution is -2.35. The molecule has 1 aromatic carbocycles. The predicted octanol–water partition coefficient (Wildman–Crippen LogP) is 4.61. The second-order valence-electron chi connectivity index (χ2n) is 8.31. The molecule has 0 radical (unpaired) electrons. The van der Waals surface area contributed by atoms with E-state index in [2.05, 4.69) is 33.8 Å². The lowest BCUT2D eigenvalue weighted by atomic mass is 9.76. The highest BCUT2D eigenvalue weighted by Crippen LogP contribution is 2.35. The van der Waals surface area contributed by atoms with E-state index in [9.17, 15) is 5.11 Å². The number of phenols is 1. The third-order valence-corrected chi connectivity index (χ3v) is 6.22. The van der Waals surface area contributed by atoms with Crippen molar-refractivity contribution in [1.82, 2.24) is 0 Å². The molecule has 0 bridgehead atoms. The Labute approximate surface area is 141 Å². The molecule has 1 aromatic rings. The minimum Gasteiger partial charge on any atom is -0.507 e. The fraction of sp³-hybridized carbons (Fsp3) is 0.636. The Balaban J connectivity index is 2.23. The number of rotatable bonds is 0. The Morgan fingerprint density at radius 2 is 1.39 bits per heavy atom. The minimum atomic E-state index is 0.497. The van der Waals surface area contributed by atoms with E-state index in [1.165, 1.54) is 48.1 Å². The first-order chi connectivity index (χ1) is 11.0. The van der Waals surface area contributed by atoms with Gasteiger partial charge in [-0.1, -0.05) is 51.0 Å². The molecule has 4 atom stereocenters. The van der Waals surface area contributed by atoms with Crippen LogP contribution < -0.4 is 10.4 Å². The van der Waals surface area contributed by atoms with Gasteiger partial charge in [-0.15, -0.1) is 0 Å². The third kappa shape index (κ3) is 3.34. The van der Waals surface area contributed by atoms with Crippen LogP contribution in [0, 0.1) is 23.7 Å². The SMILES string of the molecule is CC1CCC(=c2cccc(O)c2=C2CCC(C)CC2C)C(C)C1. The fourth-order valence-corrected chi connectivity index (χ4v) is 4.94. The highest BCUT2D eigenvalue weighted by atomic mass is 16.3. The van der Waals surface area contributed by atoms with E-state index in [0.29, 0.717) is 17.6 Å². The van der Waals surface area contributed by atoms with Crippen LogP contribution in [0.2, 0.25) is 0 Å². The average molecular weight is 312 g/mol. The topological polar surface area (TPSA) is 20.2 Å². The van der Waals surface area contributed by atoms with Gasteiger partial charge >= 0.3 is 0 Å².